The highest BCUT2D eigenvalue weighted by atomic mass is 16.5. The first kappa shape index (κ1) is 14.0. The summed E-state index contributed by atoms with van der Waals surface area (Å²) in [6.45, 7) is 3.87. The van der Waals surface area contributed by atoms with Gasteiger partial charge in [-0.15, -0.1) is 0 Å². The molecule has 1 N–H and O–H groups in total. The van der Waals surface area contributed by atoms with Crippen LogP contribution in [-0.2, 0) is 20.9 Å². The lowest BCUT2D eigenvalue weighted by molar-refractivity contribution is -0.143. The Hall–Kier alpha value is -2.10. The molecule has 1 aromatic rings. The summed E-state index contributed by atoms with van der Waals surface area (Å²) in [7, 11) is 0. The van der Waals surface area contributed by atoms with Crippen LogP contribution in [0.2, 0.25) is 0 Å². The Morgan fingerprint density at radius 1 is 1.33 bits per heavy atom. The first-order chi connectivity index (χ1) is 8.63. The Balaban J connectivity index is 2.34. The number of nitrogens with one attached hydrogen (secondary N) is 1. The van der Waals surface area contributed by atoms with Gasteiger partial charge in [-0.05, 0) is 25.0 Å². The summed E-state index contributed by atoms with van der Waals surface area (Å²) in [6, 6.07) is 7.79. The number of carbonyl (C=O) groups excluding carboxylic acids is 2. The highest BCUT2D eigenvalue weighted by Gasteiger charge is 2.05. The number of esters is 1. The van der Waals surface area contributed by atoms with Crippen molar-refractivity contribution >= 4 is 11.9 Å². The molecule has 96 valence electrons. The number of allylic oxidation sites excluding steroid dienone is 1. The zero-order valence-electron chi connectivity index (χ0n) is 10.6. The zero-order chi connectivity index (χ0) is 13.4. The Labute approximate surface area is 107 Å². The van der Waals surface area contributed by atoms with Gasteiger partial charge in [0, 0.05) is 12.6 Å². The Kier molecular flexibility index (Phi) is 5.64. The minimum atomic E-state index is -0.511. The van der Waals surface area contributed by atoms with Crippen molar-refractivity contribution < 1.29 is 14.3 Å². The van der Waals surface area contributed by atoms with E-state index in [0.717, 1.165) is 11.1 Å². The van der Waals surface area contributed by atoms with Gasteiger partial charge in [-0.1, -0.05) is 30.3 Å². The van der Waals surface area contributed by atoms with Gasteiger partial charge in [0.2, 0.25) is 0 Å². The second kappa shape index (κ2) is 7.27. The van der Waals surface area contributed by atoms with E-state index in [1.807, 2.05) is 31.2 Å². The van der Waals surface area contributed by atoms with E-state index >= 15 is 0 Å². The number of hydrogen-bond acceptors (Lipinski definition) is 3. The maximum absolute atomic E-state index is 11.4. The number of hydrogen-bond donors (Lipinski definition) is 1. The minimum Gasteiger partial charge on any atom is -0.452 e. The van der Waals surface area contributed by atoms with E-state index in [9.17, 15) is 9.59 Å². The molecule has 1 rings (SSSR count). The van der Waals surface area contributed by atoms with Crippen LogP contribution >= 0.6 is 0 Å². The van der Waals surface area contributed by atoms with E-state index in [-0.39, 0.29) is 12.5 Å². The number of rotatable bonds is 5. The fourth-order valence-corrected chi connectivity index (χ4v) is 1.37. The molecule has 0 saturated carbocycles. The van der Waals surface area contributed by atoms with Crippen LogP contribution in [-0.4, -0.2) is 18.5 Å². The fraction of sp³-hybridized carbons (Fsp3) is 0.286. The third kappa shape index (κ3) is 4.82. The van der Waals surface area contributed by atoms with Crippen molar-refractivity contribution in [1.82, 2.24) is 5.32 Å². The summed E-state index contributed by atoms with van der Waals surface area (Å²) in [5.74, 6) is -0.820. The average Bonchev–Trinajstić information content (AvgIpc) is 2.36. The molecule has 4 nitrogen and oxygen atoms in total. The Morgan fingerprint density at radius 3 is 2.72 bits per heavy atom. The van der Waals surface area contributed by atoms with Gasteiger partial charge in [-0.25, -0.2) is 4.79 Å². The molecule has 4 heteroatoms. The molecule has 0 radical (unpaired) electrons. The molecular weight excluding hydrogens is 230 g/mol. The Morgan fingerprint density at radius 2 is 2.06 bits per heavy atom. The number of carbonyl (C=O) groups is 2. The largest absolute Gasteiger partial charge is 0.452 e. The number of amides is 1. The molecule has 0 atom stereocenters. The minimum absolute atomic E-state index is 0.255. The molecule has 0 heterocycles. The molecular formula is C14H17NO3. The van der Waals surface area contributed by atoms with Crippen molar-refractivity contribution in [2.75, 3.05) is 6.61 Å². The maximum atomic E-state index is 11.4. The molecule has 0 spiro atoms. The highest BCUT2D eigenvalue weighted by Crippen LogP contribution is 2.05. The van der Waals surface area contributed by atoms with Crippen LogP contribution in [0, 0.1) is 6.92 Å². The van der Waals surface area contributed by atoms with Crippen LogP contribution in [0.4, 0.5) is 0 Å². The van der Waals surface area contributed by atoms with Crippen LogP contribution in [0.3, 0.4) is 0 Å². The monoisotopic (exact) mass is 247 g/mol. The molecule has 18 heavy (non-hydrogen) atoms. The predicted octanol–water partition coefficient (Wildman–Crippen LogP) is 1.73. The number of ether oxygens (including phenoxy) is 1. The summed E-state index contributed by atoms with van der Waals surface area (Å²) in [5, 5.41) is 2.70. The SMILES string of the molecule is C/C=C/C(=O)OCC(=O)NCc1ccccc1C. The van der Waals surface area contributed by atoms with Gasteiger partial charge in [0.15, 0.2) is 6.61 Å². The van der Waals surface area contributed by atoms with Gasteiger partial charge in [0.05, 0.1) is 0 Å². The molecule has 0 aliphatic heterocycles. The summed E-state index contributed by atoms with van der Waals surface area (Å²) in [4.78, 5) is 22.4. The maximum Gasteiger partial charge on any atom is 0.330 e. The van der Waals surface area contributed by atoms with Crippen molar-refractivity contribution in [3.05, 3.63) is 47.5 Å². The van der Waals surface area contributed by atoms with Crippen LogP contribution < -0.4 is 5.32 Å². The summed E-state index contributed by atoms with van der Waals surface area (Å²) in [6.07, 6.45) is 2.84. The number of aryl methyl sites for hydroxylation is 1. The van der Waals surface area contributed by atoms with Gasteiger partial charge >= 0.3 is 5.97 Å². The second-order valence-electron chi connectivity index (χ2n) is 3.81. The highest BCUT2D eigenvalue weighted by molar-refractivity contribution is 5.85. The topological polar surface area (TPSA) is 55.4 Å². The van der Waals surface area contributed by atoms with E-state index in [1.54, 1.807) is 13.0 Å². The third-order valence-corrected chi connectivity index (χ3v) is 2.39. The Bertz CT molecular complexity index is 452. The van der Waals surface area contributed by atoms with Gasteiger partial charge in [0.25, 0.3) is 5.91 Å². The van der Waals surface area contributed by atoms with Crippen LogP contribution in [0.25, 0.3) is 0 Å². The van der Waals surface area contributed by atoms with E-state index in [4.69, 9.17) is 4.74 Å². The smallest absolute Gasteiger partial charge is 0.330 e. The fourth-order valence-electron chi connectivity index (χ4n) is 1.37. The van der Waals surface area contributed by atoms with Crippen LogP contribution in [0.5, 0.6) is 0 Å². The van der Waals surface area contributed by atoms with Crippen molar-refractivity contribution in [3.8, 4) is 0 Å². The normalized spacial score (nSPS) is 10.3. The first-order valence-corrected chi connectivity index (χ1v) is 5.74. The molecule has 0 fully saturated rings. The summed E-state index contributed by atoms with van der Waals surface area (Å²) >= 11 is 0. The van der Waals surface area contributed by atoms with Crippen molar-refractivity contribution in [2.45, 2.75) is 20.4 Å². The predicted molar refractivity (Wildman–Crippen MR) is 68.8 cm³/mol. The lowest BCUT2D eigenvalue weighted by Gasteiger charge is -2.07. The number of benzene rings is 1. The van der Waals surface area contributed by atoms with Gasteiger partial charge in [0.1, 0.15) is 0 Å². The standard InChI is InChI=1S/C14H17NO3/c1-3-6-14(17)18-10-13(16)15-9-12-8-5-4-7-11(12)2/h3-8H,9-10H2,1-2H3,(H,15,16)/b6-3+. The van der Waals surface area contributed by atoms with E-state index < -0.39 is 5.97 Å². The van der Waals surface area contributed by atoms with Crippen molar-refractivity contribution in [2.24, 2.45) is 0 Å². The second-order valence-corrected chi connectivity index (χ2v) is 3.81. The summed E-state index contributed by atoms with van der Waals surface area (Å²) in [5.41, 5.74) is 2.16. The molecule has 0 saturated heterocycles. The van der Waals surface area contributed by atoms with E-state index in [1.165, 1.54) is 6.08 Å². The molecule has 0 aliphatic rings. The van der Waals surface area contributed by atoms with Crippen molar-refractivity contribution in [3.63, 3.8) is 0 Å². The van der Waals surface area contributed by atoms with Gasteiger partial charge < -0.3 is 10.1 Å². The lowest BCUT2D eigenvalue weighted by Crippen LogP contribution is -2.28. The van der Waals surface area contributed by atoms with Gasteiger partial charge in [-0.2, -0.15) is 0 Å². The van der Waals surface area contributed by atoms with Crippen LogP contribution in [0.15, 0.2) is 36.4 Å². The molecule has 0 aliphatic carbocycles. The first-order valence-electron chi connectivity index (χ1n) is 5.74. The molecule has 0 aromatic heterocycles. The van der Waals surface area contributed by atoms with E-state index in [0.29, 0.717) is 6.54 Å². The lowest BCUT2D eigenvalue weighted by atomic mass is 10.1. The van der Waals surface area contributed by atoms with E-state index in [2.05, 4.69) is 5.32 Å². The quantitative estimate of drug-likeness (QED) is 0.637. The van der Waals surface area contributed by atoms with Crippen LogP contribution in [0.1, 0.15) is 18.1 Å². The van der Waals surface area contributed by atoms with Crippen molar-refractivity contribution in [1.29, 1.82) is 0 Å². The summed E-state index contributed by atoms with van der Waals surface area (Å²) < 4.78 is 4.73. The molecule has 0 bridgehead atoms. The average molecular weight is 247 g/mol. The molecule has 0 unspecified atom stereocenters. The van der Waals surface area contributed by atoms with Gasteiger partial charge in [-0.3, -0.25) is 4.79 Å². The zero-order valence-corrected chi connectivity index (χ0v) is 10.6. The third-order valence-electron chi connectivity index (χ3n) is 2.39. The molecule has 1 amide bonds. The molecule has 1 aromatic carbocycles.